The second-order valence-electron chi connectivity index (χ2n) is 5.71. The average Bonchev–Trinajstić information content (AvgIpc) is 3.14. The molecule has 1 aromatic rings. The number of hydrogen-bond acceptors (Lipinski definition) is 3. The molecule has 0 aromatic heterocycles. The van der Waals surface area contributed by atoms with Crippen molar-refractivity contribution in [2.75, 3.05) is 18.0 Å². The predicted octanol–water partition coefficient (Wildman–Crippen LogP) is 1.65. The van der Waals surface area contributed by atoms with Gasteiger partial charge in [0.25, 0.3) is 0 Å². The largest absolute Gasteiger partial charge is 0.366 e. The minimum atomic E-state index is -0.592. The summed E-state index contributed by atoms with van der Waals surface area (Å²) in [6, 6.07) is 5.41. The number of carbonyl (C=O) groups excluding carboxylic acids is 1. The lowest BCUT2D eigenvalue weighted by Gasteiger charge is -2.28. The third-order valence-electron chi connectivity index (χ3n) is 4.11. The summed E-state index contributed by atoms with van der Waals surface area (Å²) in [6.45, 7) is 1.88. The summed E-state index contributed by atoms with van der Waals surface area (Å²) < 4.78 is 14.3. The normalized spacial score (nSPS) is 21.9. The molecule has 3 N–H and O–H groups in total. The van der Waals surface area contributed by atoms with Crippen molar-refractivity contribution in [3.8, 4) is 0 Å². The van der Waals surface area contributed by atoms with Gasteiger partial charge in [0, 0.05) is 24.2 Å². The maximum atomic E-state index is 14.3. The van der Waals surface area contributed by atoms with Gasteiger partial charge in [0.15, 0.2) is 0 Å². The second kappa shape index (κ2) is 5.40. The van der Waals surface area contributed by atoms with Crippen molar-refractivity contribution in [3.63, 3.8) is 0 Å². The van der Waals surface area contributed by atoms with Gasteiger partial charge in [-0.25, -0.2) is 4.39 Å². The van der Waals surface area contributed by atoms with E-state index in [4.69, 9.17) is 5.73 Å². The van der Waals surface area contributed by atoms with Crippen LogP contribution in [0.15, 0.2) is 18.2 Å². The Morgan fingerprint density at radius 2 is 2.20 bits per heavy atom. The van der Waals surface area contributed by atoms with Crippen molar-refractivity contribution in [2.45, 2.75) is 37.8 Å². The van der Waals surface area contributed by atoms with Gasteiger partial charge in [0.1, 0.15) is 5.82 Å². The number of benzene rings is 1. The molecule has 0 radical (unpaired) electrons. The molecule has 4 nitrogen and oxygen atoms in total. The number of amides is 1. The average molecular weight is 277 g/mol. The summed E-state index contributed by atoms with van der Waals surface area (Å²) in [6.07, 6.45) is 4.56. The molecule has 2 fully saturated rings. The number of carbonyl (C=O) groups is 1. The molecule has 1 saturated heterocycles. The van der Waals surface area contributed by atoms with Gasteiger partial charge in [-0.05, 0) is 50.4 Å². The summed E-state index contributed by atoms with van der Waals surface area (Å²) in [5.41, 5.74) is 6.00. The molecule has 1 aliphatic carbocycles. The third kappa shape index (κ3) is 2.77. The first-order valence-electron chi connectivity index (χ1n) is 7.24. The zero-order valence-electron chi connectivity index (χ0n) is 11.4. The van der Waals surface area contributed by atoms with E-state index in [2.05, 4.69) is 10.2 Å². The van der Waals surface area contributed by atoms with Gasteiger partial charge in [0.2, 0.25) is 5.91 Å². The van der Waals surface area contributed by atoms with Crippen molar-refractivity contribution >= 4 is 11.6 Å². The minimum Gasteiger partial charge on any atom is -0.366 e. The summed E-state index contributed by atoms with van der Waals surface area (Å²) >= 11 is 0. The molecule has 1 atom stereocenters. The lowest BCUT2D eigenvalue weighted by molar-refractivity contribution is 0.1000. The van der Waals surface area contributed by atoms with Gasteiger partial charge in [-0.15, -0.1) is 0 Å². The smallest absolute Gasteiger partial charge is 0.248 e. The van der Waals surface area contributed by atoms with Crippen LogP contribution < -0.4 is 16.0 Å². The van der Waals surface area contributed by atoms with Gasteiger partial charge < -0.3 is 16.0 Å². The summed E-state index contributed by atoms with van der Waals surface area (Å²) in [7, 11) is 0. The first kappa shape index (κ1) is 13.4. The van der Waals surface area contributed by atoms with Crippen molar-refractivity contribution in [1.29, 1.82) is 0 Å². The molecule has 1 aromatic carbocycles. The molecule has 1 heterocycles. The maximum Gasteiger partial charge on any atom is 0.248 e. The Balaban J connectivity index is 1.81. The maximum absolute atomic E-state index is 14.3. The molecule has 20 heavy (non-hydrogen) atoms. The van der Waals surface area contributed by atoms with Gasteiger partial charge in [-0.1, -0.05) is 0 Å². The van der Waals surface area contributed by atoms with Crippen LogP contribution in [0.25, 0.3) is 0 Å². The fourth-order valence-electron chi connectivity index (χ4n) is 2.87. The van der Waals surface area contributed by atoms with Crippen LogP contribution in [0, 0.1) is 5.82 Å². The van der Waals surface area contributed by atoms with Crippen LogP contribution in [0.1, 0.15) is 36.0 Å². The number of rotatable bonds is 5. The van der Waals surface area contributed by atoms with Crippen LogP contribution >= 0.6 is 0 Å². The molecule has 1 amide bonds. The first-order chi connectivity index (χ1) is 9.65. The van der Waals surface area contributed by atoms with Crippen LogP contribution in [-0.4, -0.2) is 31.1 Å². The van der Waals surface area contributed by atoms with Gasteiger partial charge in [-0.3, -0.25) is 4.79 Å². The Bertz CT molecular complexity index is 510. The highest BCUT2D eigenvalue weighted by molar-refractivity contribution is 5.93. The molecular weight excluding hydrogens is 257 g/mol. The van der Waals surface area contributed by atoms with E-state index in [0.29, 0.717) is 17.8 Å². The van der Waals surface area contributed by atoms with E-state index in [1.165, 1.54) is 12.5 Å². The van der Waals surface area contributed by atoms with Crippen molar-refractivity contribution in [1.82, 2.24) is 5.32 Å². The van der Waals surface area contributed by atoms with E-state index in [0.717, 1.165) is 32.4 Å². The van der Waals surface area contributed by atoms with Crippen LogP contribution in [0.5, 0.6) is 0 Å². The predicted molar refractivity (Wildman–Crippen MR) is 76.3 cm³/mol. The topological polar surface area (TPSA) is 58.4 Å². The SMILES string of the molecule is NC(=O)c1ccc(N(CC2CCCN2)C2CC2)c(F)c1. The van der Waals surface area contributed by atoms with E-state index >= 15 is 0 Å². The molecule has 0 bridgehead atoms. The van der Waals surface area contributed by atoms with E-state index < -0.39 is 5.91 Å². The van der Waals surface area contributed by atoms with E-state index in [-0.39, 0.29) is 11.4 Å². The van der Waals surface area contributed by atoms with E-state index in [1.807, 2.05) is 0 Å². The number of nitrogens with two attached hydrogens (primary N) is 1. The minimum absolute atomic E-state index is 0.223. The van der Waals surface area contributed by atoms with Gasteiger partial charge in [0.05, 0.1) is 5.69 Å². The number of nitrogens with one attached hydrogen (secondary N) is 1. The Labute approximate surface area is 118 Å². The molecule has 108 valence electrons. The second-order valence-corrected chi connectivity index (χ2v) is 5.71. The molecule has 1 unspecified atom stereocenters. The van der Waals surface area contributed by atoms with Crippen molar-refractivity contribution in [2.24, 2.45) is 5.73 Å². The molecule has 0 spiro atoms. The summed E-state index contributed by atoms with van der Waals surface area (Å²) in [4.78, 5) is 13.2. The monoisotopic (exact) mass is 277 g/mol. The lowest BCUT2D eigenvalue weighted by atomic mass is 10.1. The third-order valence-corrected chi connectivity index (χ3v) is 4.11. The molecular formula is C15H20FN3O. The van der Waals surface area contributed by atoms with E-state index in [9.17, 15) is 9.18 Å². The van der Waals surface area contributed by atoms with Crippen LogP contribution in [0.4, 0.5) is 10.1 Å². The standard InChI is InChI=1S/C15H20FN3O/c16-13-8-10(15(17)20)3-6-14(13)19(12-4-5-12)9-11-2-1-7-18-11/h3,6,8,11-12,18H,1-2,4-5,7,9H2,(H2,17,20). The number of anilines is 1. The highest BCUT2D eigenvalue weighted by Gasteiger charge is 2.32. The van der Waals surface area contributed by atoms with Crippen LogP contribution in [-0.2, 0) is 0 Å². The Morgan fingerprint density at radius 3 is 2.75 bits per heavy atom. The molecule has 2 aliphatic rings. The fraction of sp³-hybridized carbons (Fsp3) is 0.533. The zero-order chi connectivity index (χ0) is 14.1. The zero-order valence-corrected chi connectivity index (χ0v) is 11.4. The Morgan fingerprint density at radius 1 is 1.40 bits per heavy atom. The summed E-state index contributed by atoms with van der Waals surface area (Å²) in [5, 5.41) is 3.45. The molecule has 3 rings (SSSR count). The number of primary amides is 1. The highest BCUT2D eigenvalue weighted by atomic mass is 19.1. The number of halogens is 1. The van der Waals surface area contributed by atoms with Crippen molar-refractivity contribution < 1.29 is 9.18 Å². The molecule has 5 heteroatoms. The van der Waals surface area contributed by atoms with Gasteiger partial charge >= 0.3 is 0 Å². The first-order valence-corrected chi connectivity index (χ1v) is 7.24. The Kier molecular flexibility index (Phi) is 3.61. The van der Waals surface area contributed by atoms with Gasteiger partial charge in [-0.2, -0.15) is 0 Å². The molecule has 1 saturated carbocycles. The van der Waals surface area contributed by atoms with Crippen molar-refractivity contribution in [3.05, 3.63) is 29.6 Å². The Hall–Kier alpha value is -1.62. The number of nitrogens with zero attached hydrogens (tertiary/aromatic N) is 1. The fourth-order valence-corrected chi connectivity index (χ4v) is 2.87. The molecule has 1 aliphatic heterocycles. The quantitative estimate of drug-likeness (QED) is 0.860. The van der Waals surface area contributed by atoms with E-state index in [1.54, 1.807) is 12.1 Å². The van der Waals surface area contributed by atoms with Crippen LogP contribution in [0.3, 0.4) is 0 Å². The van der Waals surface area contributed by atoms with Crippen LogP contribution in [0.2, 0.25) is 0 Å². The highest BCUT2D eigenvalue weighted by Crippen LogP contribution is 2.34. The summed E-state index contributed by atoms with van der Waals surface area (Å²) in [5.74, 6) is -0.947. The lowest BCUT2D eigenvalue weighted by Crippen LogP contribution is -2.39. The number of hydrogen-bond donors (Lipinski definition) is 2.